The Morgan fingerprint density at radius 3 is 2.10 bits per heavy atom. The minimum atomic E-state index is -5.95. The number of aromatic nitrogens is 4. The Morgan fingerprint density at radius 2 is 1.62 bits per heavy atom. The van der Waals surface area contributed by atoms with E-state index in [0.29, 0.717) is 21.8 Å². The molecule has 40 heavy (non-hydrogen) atoms. The number of halogens is 6. The highest BCUT2D eigenvalue weighted by Crippen LogP contribution is 2.55. The van der Waals surface area contributed by atoms with E-state index in [9.17, 15) is 49.5 Å². The van der Waals surface area contributed by atoms with Gasteiger partial charge in [0.15, 0.2) is 9.84 Å². The summed E-state index contributed by atoms with van der Waals surface area (Å²) in [5, 5.41) is 21.1. The highest BCUT2D eigenvalue weighted by Gasteiger charge is 2.75. The number of alkyl halides is 6. The number of carbonyl (C=O) groups excluding carboxylic acids is 1. The molecule has 4 rings (SSSR count). The lowest BCUT2D eigenvalue weighted by molar-refractivity contribution is -0.291. The van der Waals surface area contributed by atoms with Gasteiger partial charge in [-0.2, -0.15) is 31.1 Å². The van der Waals surface area contributed by atoms with Crippen molar-refractivity contribution < 1.29 is 49.5 Å². The van der Waals surface area contributed by atoms with Crippen LogP contribution >= 0.6 is 0 Å². The second-order valence-corrected chi connectivity index (χ2v) is 10.9. The molecule has 2 aromatic carbocycles. The number of anilines is 1. The molecule has 2 N–H and O–H groups in total. The number of benzene rings is 2. The van der Waals surface area contributed by atoms with E-state index in [2.05, 4.69) is 20.7 Å². The second-order valence-electron chi connectivity index (χ2n) is 8.86. The molecule has 1 aromatic heterocycles. The molecule has 0 aliphatic carbocycles. The van der Waals surface area contributed by atoms with Crippen molar-refractivity contribution in [3.63, 3.8) is 0 Å². The molecule has 1 atom stereocenters. The molecule has 1 aliphatic rings. The van der Waals surface area contributed by atoms with Gasteiger partial charge in [-0.3, -0.25) is 9.69 Å². The van der Waals surface area contributed by atoms with Crippen LogP contribution in [0.1, 0.15) is 28.6 Å². The van der Waals surface area contributed by atoms with Crippen molar-refractivity contribution in [2.45, 2.75) is 35.2 Å². The van der Waals surface area contributed by atoms with E-state index in [4.69, 9.17) is 0 Å². The van der Waals surface area contributed by atoms with Crippen LogP contribution in [-0.2, 0) is 33.6 Å². The lowest BCUT2D eigenvalue weighted by Gasteiger charge is -2.35. The van der Waals surface area contributed by atoms with Gasteiger partial charge >= 0.3 is 18.4 Å². The monoisotopic (exact) mass is 592 g/mol. The Labute approximate surface area is 221 Å². The van der Waals surface area contributed by atoms with Crippen LogP contribution < -0.4 is 5.32 Å². The molecule has 11 nitrogen and oxygen atoms in total. The number of nitrogens with zero attached hydrogens (tertiary/aromatic N) is 5. The zero-order chi connectivity index (χ0) is 29.8. The smallest absolute Gasteiger partial charge is 0.414 e. The minimum Gasteiger partial charge on any atom is -0.465 e. The van der Waals surface area contributed by atoms with Gasteiger partial charge in [-0.1, -0.05) is 18.2 Å². The lowest BCUT2D eigenvalue weighted by atomic mass is 9.78. The molecule has 0 radical (unpaired) electrons. The maximum absolute atomic E-state index is 14.1. The lowest BCUT2D eigenvalue weighted by Crippen LogP contribution is -2.55. The molecular weight excluding hydrogens is 574 g/mol. The van der Waals surface area contributed by atoms with Gasteiger partial charge in [0.25, 0.3) is 5.91 Å². The predicted molar refractivity (Wildman–Crippen MR) is 123 cm³/mol. The quantitative estimate of drug-likeness (QED) is 0.430. The van der Waals surface area contributed by atoms with Gasteiger partial charge in [0.05, 0.1) is 18.5 Å². The van der Waals surface area contributed by atoms with Crippen LogP contribution in [0.4, 0.5) is 36.8 Å². The number of carbonyl (C=O) groups is 2. The first-order chi connectivity index (χ1) is 18.4. The predicted octanol–water partition coefficient (Wildman–Crippen LogP) is 3.20. The fourth-order valence-electron chi connectivity index (χ4n) is 4.44. The first-order valence-corrected chi connectivity index (χ1v) is 12.9. The van der Waals surface area contributed by atoms with Crippen LogP contribution in [0.5, 0.6) is 0 Å². The summed E-state index contributed by atoms with van der Waals surface area (Å²) in [6.45, 7) is -0.337. The summed E-state index contributed by atoms with van der Waals surface area (Å²) >= 11 is 0. The van der Waals surface area contributed by atoms with Crippen LogP contribution in [0, 0.1) is 0 Å². The molecule has 0 fully saturated rings. The summed E-state index contributed by atoms with van der Waals surface area (Å²) in [6.07, 6.45) is -12.5. The maximum Gasteiger partial charge on any atom is 0.414 e. The number of tetrazole rings is 1. The number of amides is 2. The Bertz CT molecular complexity index is 1570. The Hall–Kier alpha value is -4.22. The fourth-order valence-corrected chi connectivity index (χ4v) is 5.11. The maximum atomic E-state index is 14.1. The summed E-state index contributed by atoms with van der Waals surface area (Å²) in [4.78, 5) is 25.9. The summed E-state index contributed by atoms with van der Waals surface area (Å²) in [5.41, 5.74) is -5.79. The van der Waals surface area contributed by atoms with Crippen molar-refractivity contribution in [3.8, 4) is 0 Å². The molecule has 1 unspecified atom stereocenters. The van der Waals surface area contributed by atoms with Gasteiger partial charge in [-0.15, -0.1) is 10.2 Å². The molecular formula is C22H18F6N6O5S. The van der Waals surface area contributed by atoms with Gasteiger partial charge in [0.2, 0.25) is 11.2 Å². The number of aryl methyl sites for hydroxylation is 1. The number of sulfone groups is 1. The van der Waals surface area contributed by atoms with Crippen molar-refractivity contribution in [2.75, 3.05) is 11.6 Å². The Morgan fingerprint density at radius 1 is 1.02 bits per heavy atom. The second kappa shape index (κ2) is 9.46. The van der Waals surface area contributed by atoms with E-state index >= 15 is 0 Å². The number of rotatable bonds is 5. The number of hydrogen-bond acceptors (Lipinski definition) is 7. The molecule has 0 saturated carbocycles. The molecule has 2 amide bonds. The van der Waals surface area contributed by atoms with E-state index in [1.807, 2.05) is 0 Å². The molecule has 2 heterocycles. The normalized spacial score (nSPS) is 16.1. The SMILES string of the molecule is Cn1nnc(C(c2ccc(NC(=O)C3c4ccc(S(C)(=O)=O)cc4CN3C(=O)O)cc2)(C(F)(F)F)C(F)(F)F)n1. The van der Waals surface area contributed by atoms with Gasteiger partial charge in [0, 0.05) is 11.9 Å². The Balaban J connectivity index is 1.70. The van der Waals surface area contributed by atoms with Gasteiger partial charge in [0.1, 0.15) is 6.04 Å². The van der Waals surface area contributed by atoms with Gasteiger partial charge < -0.3 is 10.4 Å². The van der Waals surface area contributed by atoms with Crippen molar-refractivity contribution in [1.82, 2.24) is 25.1 Å². The van der Waals surface area contributed by atoms with E-state index in [-0.39, 0.29) is 28.3 Å². The molecule has 3 aromatic rings. The van der Waals surface area contributed by atoms with Crippen molar-refractivity contribution in [3.05, 3.63) is 65.0 Å². The average Bonchev–Trinajstić information content (AvgIpc) is 3.41. The minimum absolute atomic E-state index is 0.108. The molecule has 18 heteroatoms. The largest absolute Gasteiger partial charge is 0.465 e. The molecule has 214 valence electrons. The van der Waals surface area contributed by atoms with E-state index in [0.717, 1.165) is 25.4 Å². The van der Waals surface area contributed by atoms with Crippen LogP contribution in [-0.4, -0.2) is 69.2 Å². The molecule has 0 spiro atoms. The third-order valence-electron chi connectivity index (χ3n) is 6.26. The first kappa shape index (κ1) is 28.8. The molecule has 1 aliphatic heterocycles. The third-order valence-corrected chi connectivity index (χ3v) is 7.37. The summed E-state index contributed by atoms with van der Waals surface area (Å²) in [7, 11) is -2.65. The van der Waals surface area contributed by atoms with Crippen LogP contribution in [0.25, 0.3) is 0 Å². The molecule has 0 saturated heterocycles. The number of nitrogens with one attached hydrogen (secondary N) is 1. The summed E-state index contributed by atoms with van der Waals surface area (Å²) in [6, 6.07) is 4.73. The van der Waals surface area contributed by atoms with Gasteiger partial charge in [-0.05, 0) is 46.2 Å². The fraction of sp³-hybridized carbons (Fsp3) is 0.318. The van der Waals surface area contributed by atoms with Crippen LogP contribution in [0.3, 0.4) is 0 Å². The molecule has 0 bridgehead atoms. The number of carboxylic acid groups (broad SMARTS) is 1. The number of hydrogen-bond donors (Lipinski definition) is 2. The van der Waals surface area contributed by atoms with Crippen LogP contribution in [0.15, 0.2) is 47.4 Å². The van der Waals surface area contributed by atoms with Crippen molar-refractivity contribution in [1.29, 1.82) is 0 Å². The Kier molecular flexibility index (Phi) is 6.80. The highest BCUT2D eigenvalue weighted by atomic mass is 32.2. The third kappa shape index (κ3) is 4.71. The number of fused-ring (bicyclic) bond motifs is 1. The van der Waals surface area contributed by atoms with E-state index < -0.39 is 57.0 Å². The summed E-state index contributed by atoms with van der Waals surface area (Å²) in [5.74, 6) is -2.63. The zero-order valence-electron chi connectivity index (χ0n) is 20.3. The van der Waals surface area contributed by atoms with Gasteiger partial charge in [-0.25, -0.2) is 13.2 Å². The highest BCUT2D eigenvalue weighted by molar-refractivity contribution is 7.90. The summed E-state index contributed by atoms with van der Waals surface area (Å²) < 4.78 is 108. The van der Waals surface area contributed by atoms with E-state index in [1.54, 1.807) is 0 Å². The topological polar surface area (TPSA) is 147 Å². The van der Waals surface area contributed by atoms with Crippen molar-refractivity contribution >= 4 is 27.5 Å². The van der Waals surface area contributed by atoms with Crippen LogP contribution in [0.2, 0.25) is 0 Å². The zero-order valence-corrected chi connectivity index (χ0v) is 21.1. The first-order valence-electron chi connectivity index (χ1n) is 11.0. The van der Waals surface area contributed by atoms with Crippen molar-refractivity contribution in [2.24, 2.45) is 7.05 Å². The van der Waals surface area contributed by atoms with E-state index in [1.165, 1.54) is 18.2 Å². The average molecular weight is 592 g/mol. The standard InChI is InChI=1S/C22H18F6N6O5S/c1-33-31-18(30-32-33)20(21(23,24)25,22(26,27)28)12-3-5-13(6-4-12)29-17(35)16-15-8-7-14(40(2,38)39)9-11(15)10-34(16)19(36)37/h3-9,16H,10H2,1-2H3,(H,29,35)(H,36,37).